The Morgan fingerprint density at radius 3 is 2.56 bits per heavy atom. The number of anilines is 1. The highest BCUT2D eigenvalue weighted by Crippen LogP contribution is 2.12. The Kier molecular flexibility index (Phi) is 4.18. The molecule has 18 heavy (non-hydrogen) atoms. The molecule has 2 N–H and O–H groups in total. The summed E-state index contributed by atoms with van der Waals surface area (Å²) in [5.74, 6) is 0.450. The van der Waals surface area contributed by atoms with Gasteiger partial charge in [-0.2, -0.15) is 0 Å². The van der Waals surface area contributed by atoms with Crippen LogP contribution in [-0.4, -0.2) is 6.61 Å². The highest BCUT2D eigenvalue weighted by atomic mass is 19.1. The topological polar surface area (TPSA) is 35.2 Å². The molecule has 0 unspecified atom stereocenters. The number of benzene rings is 2. The minimum Gasteiger partial charge on any atom is -0.494 e. The van der Waals surface area contributed by atoms with Gasteiger partial charge in [-0.05, 0) is 54.8 Å². The summed E-state index contributed by atoms with van der Waals surface area (Å²) in [6.07, 6.45) is 1.83. The molecule has 0 amide bonds. The van der Waals surface area contributed by atoms with E-state index in [-0.39, 0.29) is 5.82 Å². The van der Waals surface area contributed by atoms with E-state index < -0.39 is 0 Å². The van der Waals surface area contributed by atoms with Crippen LogP contribution in [0, 0.1) is 5.82 Å². The maximum Gasteiger partial charge on any atom is 0.123 e. The molecule has 0 aliphatic carbocycles. The van der Waals surface area contributed by atoms with Gasteiger partial charge in [-0.25, -0.2) is 4.39 Å². The van der Waals surface area contributed by atoms with Crippen LogP contribution in [0.5, 0.6) is 5.75 Å². The lowest BCUT2D eigenvalue weighted by Crippen LogP contribution is -1.99. The summed E-state index contributed by atoms with van der Waals surface area (Å²) in [5, 5.41) is 0. The molecule has 3 heteroatoms. The van der Waals surface area contributed by atoms with Crippen molar-refractivity contribution in [2.45, 2.75) is 12.8 Å². The highest BCUT2D eigenvalue weighted by molar-refractivity contribution is 5.40. The average molecular weight is 245 g/mol. The van der Waals surface area contributed by atoms with Crippen molar-refractivity contribution in [3.8, 4) is 5.75 Å². The van der Waals surface area contributed by atoms with E-state index in [1.807, 2.05) is 24.3 Å². The molecule has 0 bridgehead atoms. The van der Waals surface area contributed by atoms with Gasteiger partial charge in [0.15, 0.2) is 0 Å². The van der Waals surface area contributed by atoms with Crippen LogP contribution in [0.1, 0.15) is 12.0 Å². The number of nitrogens with two attached hydrogens (primary N) is 1. The third-order valence-corrected chi connectivity index (χ3v) is 2.64. The van der Waals surface area contributed by atoms with Crippen LogP contribution in [0.2, 0.25) is 0 Å². The van der Waals surface area contributed by atoms with E-state index in [0.29, 0.717) is 12.4 Å². The zero-order valence-electron chi connectivity index (χ0n) is 10.1. The second-order valence-electron chi connectivity index (χ2n) is 4.15. The van der Waals surface area contributed by atoms with Crippen molar-refractivity contribution in [2.75, 3.05) is 12.3 Å². The van der Waals surface area contributed by atoms with Gasteiger partial charge in [0.25, 0.3) is 0 Å². The number of nitrogen functional groups attached to an aromatic ring is 1. The van der Waals surface area contributed by atoms with Crippen molar-refractivity contribution < 1.29 is 9.13 Å². The predicted octanol–water partition coefficient (Wildman–Crippen LogP) is 3.42. The van der Waals surface area contributed by atoms with Crippen LogP contribution in [-0.2, 0) is 6.42 Å². The summed E-state index contributed by atoms with van der Waals surface area (Å²) in [6, 6.07) is 13.9. The van der Waals surface area contributed by atoms with E-state index in [0.717, 1.165) is 18.5 Å². The molecule has 0 saturated carbocycles. The van der Waals surface area contributed by atoms with Crippen molar-refractivity contribution in [3.63, 3.8) is 0 Å². The molecule has 2 aromatic carbocycles. The molecule has 2 aromatic rings. The summed E-state index contributed by atoms with van der Waals surface area (Å²) in [7, 11) is 0. The molecular formula is C15H16FNO. The third-order valence-electron chi connectivity index (χ3n) is 2.64. The summed E-state index contributed by atoms with van der Waals surface area (Å²) in [5.41, 5.74) is 7.69. The van der Waals surface area contributed by atoms with Gasteiger partial charge in [-0.15, -0.1) is 0 Å². The van der Waals surface area contributed by atoms with Crippen molar-refractivity contribution in [3.05, 3.63) is 59.9 Å². The Balaban J connectivity index is 1.74. The Bertz CT molecular complexity index is 496. The minimum atomic E-state index is -0.248. The Morgan fingerprint density at radius 2 is 1.83 bits per heavy atom. The number of aryl methyl sites for hydroxylation is 1. The molecular weight excluding hydrogens is 229 g/mol. The van der Waals surface area contributed by atoms with Gasteiger partial charge in [-0.3, -0.25) is 0 Å². The van der Waals surface area contributed by atoms with Crippen molar-refractivity contribution >= 4 is 5.69 Å². The fourth-order valence-electron chi connectivity index (χ4n) is 1.75. The van der Waals surface area contributed by atoms with E-state index in [4.69, 9.17) is 10.5 Å². The zero-order valence-corrected chi connectivity index (χ0v) is 10.1. The number of hydrogen-bond donors (Lipinski definition) is 1. The van der Waals surface area contributed by atoms with Crippen LogP contribution in [0.25, 0.3) is 0 Å². The second-order valence-corrected chi connectivity index (χ2v) is 4.15. The summed E-state index contributed by atoms with van der Waals surface area (Å²) >= 11 is 0. The van der Waals surface area contributed by atoms with Gasteiger partial charge in [-0.1, -0.05) is 12.1 Å². The molecule has 94 valence electrons. The second kappa shape index (κ2) is 6.05. The minimum absolute atomic E-state index is 0.248. The first kappa shape index (κ1) is 12.4. The van der Waals surface area contributed by atoms with Crippen LogP contribution >= 0.6 is 0 Å². The van der Waals surface area contributed by atoms with Crippen LogP contribution < -0.4 is 10.5 Å². The van der Waals surface area contributed by atoms with Gasteiger partial charge in [0.1, 0.15) is 11.6 Å². The molecule has 2 nitrogen and oxygen atoms in total. The highest BCUT2D eigenvalue weighted by Gasteiger charge is 1.97. The predicted molar refractivity (Wildman–Crippen MR) is 71.1 cm³/mol. The number of hydrogen-bond acceptors (Lipinski definition) is 2. The van der Waals surface area contributed by atoms with Crippen molar-refractivity contribution in [1.82, 2.24) is 0 Å². The van der Waals surface area contributed by atoms with Crippen molar-refractivity contribution in [2.24, 2.45) is 0 Å². The van der Waals surface area contributed by atoms with Gasteiger partial charge in [0.2, 0.25) is 0 Å². The SMILES string of the molecule is Nc1cccc(CCCOc2ccc(F)cc2)c1. The van der Waals surface area contributed by atoms with E-state index in [9.17, 15) is 4.39 Å². The zero-order chi connectivity index (χ0) is 12.8. The fourth-order valence-corrected chi connectivity index (χ4v) is 1.75. The van der Waals surface area contributed by atoms with Crippen LogP contribution in [0.3, 0.4) is 0 Å². The molecule has 0 atom stereocenters. The first-order valence-corrected chi connectivity index (χ1v) is 5.97. The molecule has 0 aliphatic heterocycles. The van der Waals surface area contributed by atoms with Crippen LogP contribution in [0.15, 0.2) is 48.5 Å². The molecule has 0 heterocycles. The van der Waals surface area contributed by atoms with Crippen molar-refractivity contribution in [1.29, 1.82) is 0 Å². The molecule has 0 radical (unpaired) electrons. The third kappa shape index (κ3) is 3.77. The lowest BCUT2D eigenvalue weighted by Gasteiger charge is -2.06. The Labute approximate surface area is 106 Å². The first-order valence-electron chi connectivity index (χ1n) is 5.97. The maximum absolute atomic E-state index is 12.7. The maximum atomic E-state index is 12.7. The van der Waals surface area contributed by atoms with Gasteiger partial charge in [0.05, 0.1) is 6.61 Å². The molecule has 0 aliphatic rings. The number of ether oxygens (including phenoxy) is 1. The summed E-state index contributed by atoms with van der Waals surface area (Å²) < 4.78 is 18.2. The molecule has 0 spiro atoms. The molecule has 0 aromatic heterocycles. The van der Waals surface area contributed by atoms with Gasteiger partial charge >= 0.3 is 0 Å². The van der Waals surface area contributed by atoms with Gasteiger partial charge < -0.3 is 10.5 Å². The lowest BCUT2D eigenvalue weighted by atomic mass is 10.1. The molecule has 2 rings (SSSR count). The monoisotopic (exact) mass is 245 g/mol. The summed E-state index contributed by atoms with van der Waals surface area (Å²) in [4.78, 5) is 0. The molecule has 0 fully saturated rings. The van der Waals surface area contributed by atoms with E-state index in [1.54, 1.807) is 12.1 Å². The number of rotatable bonds is 5. The standard InChI is InChI=1S/C15H16FNO/c16-13-6-8-15(9-7-13)18-10-2-4-12-3-1-5-14(17)11-12/h1,3,5-9,11H,2,4,10,17H2. The normalized spacial score (nSPS) is 10.3. The van der Waals surface area contributed by atoms with Crippen LogP contribution in [0.4, 0.5) is 10.1 Å². The molecule has 0 saturated heterocycles. The smallest absolute Gasteiger partial charge is 0.123 e. The van der Waals surface area contributed by atoms with Gasteiger partial charge in [0, 0.05) is 5.69 Å². The van der Waals surface area contributed by atoms with E-state index >= 15 is 0 Å². The summed E-state index contributed by atoms with van der Waals surface area (Å²) in [6.45, 7) is 0.612. The quantitative estimate of drug-likeness (QED) is 0.647. The number of halogens is 1. The lowest BCUT2D eigenvalue weighted by molar-refractivity contribution is 0.310. The largest absolute Gasteiger partial charge is 0.494 e. The Morgan fingerprint density at radius 1 is 1.06 bits per heavy atom. The van der Waals surface area contributed by atoms with E-state index in [2.05, 4.69) is 0 Å². The fraction of sp³-hybridized carbons (Fsp3) is 0.200. The van der Waals surface area contributed by atoms with E-state index in [1.165, 1.54) is 17.7 Å². The average Bonchev–Trinajstić information content (AvgIpc) is 2.37. The Hall–Kier alpha value is -2.03. The first-order chi connectivity index (χ1) is 8.74.